The van der Waals surface area contributed by atoms with Gasteiger partial charge < -0.3 is 10.0 Å². The van der Waals surface area contributed by atoms with Gasteiger partial charge in [0.2, 0.25) is 0 Å². The van der Waals surface area contributed by atoms with Gasteiger partial charge in [0, 0.05) is 5.41 Å². The number of benzene rings is 1. The molecule has 1 aromatic rings. The van der Waals surface area contributed by atoms with Gasteiger partial charge in [-0.2, -0.15) is 0 Å². The van der Waals surface area contributed by atoms with Crippen molar-refractivity contribution in [1.29, 1.82) is 0 Å². The minimum atomic E-state index is -0.592. The lowest BCUT2D eigenvalue weighted by atomic mass is 9.53. The number of hydrogen-bond donors (Lipinski definition) is 1. The number of aryl methyl sites for hydroxylation is 1. The molecule has 0 unspecified atom stereocenters. The molecular formula is C18H25Cl2NO. The maximum Gasteiger partial charge on any atom is 0.0747 e. The first kappa shape index (κ1) is 16.6. The fourth-order valence-corrected chi connectivity index (χ4v) is 4.90. The maximum atomic E-state index is 11.5. The Morgan fingerprint density at radius 3 is 2.50 bits per heavy atom. The minimum absolute atomic E-state index is 0.169. The standard InChI is InChI=1S/C18H25Cl2NO/c1-21(2)10-9-17-6-3-4-7-18(17,22)8-5-13-11-15(19)16(20)12-14(13)17/h11-12,22H,3-10H2,1-2H3/t17-,18+/m0/s1. The van der Waals surface area contributed by atoms with Crippen molar-refractivity contribution in [2.24, 2.45) is 0 Å². The van der Waals surface area contributed by atoms with Crippen LogP contribution in [-0.4, -0.2) is 36.2 Å². The third-order valence-corrected chi connectivity index (χ3v) is 6.51. The van der Waals surface area contributed by atoms with Crippen LogP contribution in [0, 0.1) is 0 Å². The summed E-state index contributed by atoms with van der Waals surface area (Å²) < 4.78 is 0. The molecule has 0 bridgehead atoms. The van der Waals surface area contributed by atoms with Crippen LogP contribution in [0.5, 0.6) is 0 Å². The summed E-state index contributed by atoms with van der Waals surface area (Å²) in [5.41, 5.74) is 1.76. The first-order chi connectivity index (χ1) is 10.4. The predicted octanol–water partition coefficient (Wildman–Crippen LogP) is 4.43. The van der Waals surface area contributed by atoms with Crippen LogP contribution in [0.3, 0.4) is 0 Å². The van der Waals surface area contributed by atoms with Gasteiger partial charge >= 0.3 is 0 Å². The van der Waals surface area contributed by atoms with Gasteiger partial charge in [-0.25, -0.2) is 0 Å². The highest BCUT2D eigenvalue weighted by molar-refractivity contribution is 6.42. The molecule has 1 aromatic carbocycles. The van der Waals surface area contributed by atoms with Gasteiger partial charge in [-0.1, -0.05) is 36.0 Å². The van der Waals surface area contributed by atoms with Crippen LogP contribution in [0.1, 0.15) is 49.7 Å². The molecular weight excluding hydrogens is 317 g/mol. The number of aliphatic hydroxyl groups is 1. The molecule has 1 saturated carbocycles. The van der Waals surface area contributed by atoms with Crippen LogP contribution in [0.15, 0.2) is 12.1 Å². The van der Waals surface area contributed by atoms with Crippen molar-refractivity contribution < 1.29 is 5.11 Å². The predicted molar refractivity (Wildman–Crippen MR) is 93.0 cm³/mol. The molecule has 0 spiro atoms. The lowest BCUT2D eigenvalue weighted by Gasteiger charge is -2.55. The summed E-state index contributed by atoms with van der Waals surface area (Å²) in [5.74, 6) is 0. The van der Waals surface area contributed by atoms with E-state index in [1.807, 2.05) is 12.1 Å². The molecule has 0 radical (unpaired) electrons. The van der Waals surface area contributed by atoms with E-state index >= 15 is 0 Å². The van der Waals surface area contributed by atoms with Crippen molar-refractivity contribution >= 4 is 23.2 Å². The fraction of sp³-hybridized carbons (Fsp3) is 0.667. The molecule has 0 aliphatic heterocycles. The third-order valence-electron chi connectivity index (χ3n) is 5.79. The van der Waals surface area contributed by atoms with E-state index in [-0.39, 0.29) is 5.41 Å². The Kier molecular flexibility index (Phi) is 4.50. The van der Waals surface area contributed by atoms with Crippen molar-refractivity contribution in [2.75, 3.05) is 20.6 Å². The van der Waals surface area contributed by atoms with Crippen molar-refractivity contribution in [1.82, 2.24) is 4.90 Å². The largest absolute Gasteiger partial charge is 0.389 e. The van der Waals surface area contributed by atoms with Crippen molar-refractivity contribution in [2.45, 2.75) is 56.0 Å². The molecule has 1 fully saturated rings. The van der Waals surface area contributed by atoms with Crippen LogP contribution in [0.2, 0.25) is 10.0 Å². The molecule has 0 aromatic heterocycles. The topological polar surface area (TPSA) is 23.5 Å². The van der Waals surface area contributed by atoms with Gasteiger partial charge in [0.05, 0.1) is 15.6 Å². The van der Waals surface area contributed by atoms with E-state index in [0.717, 1.165) is 45.1 Å². The van der Waals surface area contributed by atoms with Gasteiger partial charge in [-0.05, 0) is 76.0 Å². The molecule has 4 heteroatoms. The van der Waals surface area contributed by atoms with Gasteiger partial charge in [0.1, 0.15) is 0 Å². The van der Waals surface area contributed by atoms with Crippen LogP contribution in [0.25, 0.3) is 0 Å². The summed E-state index contributed by atoms with van der Waals surface area (Å²) >= 11 is 12.5. The minimum Gasteiger partial charge on any atom is -0.389 e. The van der Waals surface area contributed by atoms with E-state index in [1.165, 1.54) is 17.5 Å². The van der Waals surface area contributed by atoms with Crippen molar-refractivity contribution in [3.63, 3.8) is 0 Å². The van der Waals surface area contributed by atoms with Gasteiger partial charge in [0.15, 0.2) is 0 Å². The van der Waals surface area contributed by atoms with E-state index in [9.17, 15) is 5.11 Å². The molecule has 0 amide bonds. The summed E-state index contributed by atoms with van der Waals surface area (Å²) in [4.78, 5) is 2.20. The normalized spacial score (nSPS) is 31.0. The zero-order valence-electron chi connectivity index (χ0n) is 13.5. The summed E-state index contributed by atoms with van der Waals surface area (Å²) in [6.07, 6.45) is 6.95. The molecule has 2 nitrogen and oxygen atoms in total. The highest BCUT2D eigenvalue weighted by Crippen LogP contribution is 2.55. The lowest BCUT2D eigenvalue weighted by molar-refractivity contribution is -0.0887. The summed E-state index contributed by atoms with van der Waals surface area (Å²) in [7, 11) is 4.19. The molecule has 2 aliphatic rings. The molecule has 3 rings (SSSR count). The van der Waals surface area contributed by atoms with Crippen LogP contribution >= 0.6 is 23.2 Å². The van der Waals surface area contributed by atoms with E-state index in [4.69, 9.17) is 23.2 Å². The molecule has 122 valence electrons. The maximum absolute atomic E-state index is 11.5. The Morgan fingerprint density at radius 1 is 1.09 bits per heavy atom. The van der Waals surface area contributed by atoms with Crippen LogP contribution in [-0.2, 0) is 11.8 Å². The van der Waals surface area contributed by atoms with Gasteiger partial charge in [0.25, 0.3) is 0 Å². The monoisotopic (exact) mass is 341 g/mol. The molecule has 0 saturated heterocycles. The number of rotatable bonds is 3. The second-order valence-electron chi connectivity index (χ2n) is 7.30. The van der Waals surface area contributed by atoms with E-state index in [2.05, 4.69) is 19.0 Å². The molecule has 0 heterocycles. The van der Waals surface area contributed by atoms with Crippen molar-refractivity contribution in [3.8, 4) is 0 Å². The Hall–Kier alpha value is -0.280. The number of nitrogens with zero attached hydrogens (tertiary/aromatic N) is 1. The zero-order chi connectivity index (χ0) is 16.0. The SMILES string of the molecule is CN(C)CC[C@]12CCCC[C@@]1(O)CCc1cc(Cl)c(Cl)cc12. The Bertz CT molecular complexity index is 574. The van der Waals surface area contributed by atoms with E-state index in [0.29, 0.717) is 10.0 Å². The lowest BCUT2D eigenvalue weighted by Crippen LogP contribution is -2.57. The Labute approximate surface area is 143 Å². The number of halogens is 2. The Balaban J connectivity index is 2.12. The van der Waals surface area contributed by atoms with E-state index < -0.39 is 5.60 Å². The molecule has 2 atom stereocenters. The van der Waals surface area contributed by atoms with Gasteiger partial charge in [-0.15, -0.1) is 0 Å². The fourth-order valence-electron chi connectivity index (χ4n) is 4.55. The third kappa shape index (κ3) is 2.58. The molecule has 22 heavy (non-hydrogen) atoms. The second-order valence-corrected chi connectivity index (χ2v) is 8.11. The zero-order valence-corrected chi connectivity index (χ0v) is 15.0. The van der Waals surface area contributed by atoms with E-state index in [1.54, 1.807) is 0 Å². The summed E-state index contributed by atoms with van der Waals surface area (Å²) in [5, 5.41) is 12.7. The average Bonchev–Trinajstić information content (AvgIpc) is 2.47. The number of hydrogen-bond acceptors (Lipinski definition) is 2. The highest BCUT2D eigenvalue weighted by Gasteiger charge is 2.54. The molecule has 2 aliphatic carbocycles. The smallest absolute Gasteiger partial charge is 0.0747 e. The first-order valence-corrected chi connectivity index (χ1v) is 8.99. The average molecular weight is 342 g/mol. The Morgan fingerprint density at radius 2 is 1.77 bits per heavy atom. The molecule has 1 N–H and O–H groups in total. The van der Waals surface area contributed by atoms with Crippen LogP contribution in [0.4, 0.5) is 0 Å². The highest BCUT2D eigenvalue weighted by atomic mass is 35.5. The summed E-state index contributed by atoms with van der Waals surface area (Å²) in [6.45, 7) is 0.974. The quantitative estimate of drug-likeness (QED) is 0.878. The summed E-state index contributed by atoms with van der Waals surface area (Å²) in [6, 6.07) is 4.05. The van der Waals surface area contributed by atoms with Crippen LogP contribution < -0.4 is 0 Å². The first-order valence-electron chi connectivity index (χ1n) is 8.23. The number of fused-ring (bicyclic) bond motifs is 3. The van der Waals surface area contributed by atoms with Gasteiger partial charge in [-0.3, -0.25) is 0 Å². The second kappa shape index (κ2) is 5.98. The van der Waals surface area contributed by atoms with Crippen molar-refractivity contribution in [3.05, 3.63) is 33.3 Å².